The van der Waals surface area contributed by atoms with Crippen LogP contribution in [-0.4, -0.2) is 10.9 Å². The summed E-state index contributed by atoms with van der Waals surface area (Å²) in [6.45, 7) is 2.19. The van der Waals surface area contributed by atoms with Crippen LogP contribution >= 0.6 is 15.9 Å². The van der Waals surface area contributed by atoms with E-state index in [2.05, 4.69) is 26.2 Å². The molecule has 2 rings (SSSR count). The number of aryl methyl sites for hydroxylation is 1. The van der Waals surface area contributed by atoms with Crippen LogP contribution in [-0.2, 0) is 6.54 Å². The van der Waals surface area contributed by atoms with E-state index in [0.717, 1.165) is 11.3 Å². The number of aromatic nitrogens is 1. The van der Waals surface area contributed by atoms with Gasteiger partial charge in [0.25, 0.3) is 5.91 Å². The summed E-state index contributed by atoms with van der Waals surface area (Å²) in [6, 6.07) is 8.08. The molecule has 19 heavy (non-hydrogen) atoms. The van der Waals surface area contributed by atoms with Crippen molar-refractivity contribution in [1.29, 1.82) is 0 Å². The summed E-state index contributed by atoms with van der Waals surface area (Å²) in [5.41, 5.74) is 1.78. The van der Waals surface area contributed by atoms with Crippen molar-refractivity contribution in [2.24, 2.45) is 0 Å². The molecule has 5 heteroatoms. The van der Waals surface area contributed by atoms with Gasteiger partial charge in [0.15, 0.2) is 0 Å². The molecule has 0 saturated heterocycles. The molecule has 0 bridgehead atoms. The Hall–Kier alpha value is -1.75. The van der Waals surface area contributed by atoms with Crippen LogP contribution in [0.2, 0.25) is 0 Å². The second-order valence-electron chi connectivity index (χ2n) is 4.07. The maximum atomic E-state index is 13.6. The van der Waals surface area contributed by atoms with Crippen LogP contribution in [0.4, 0.5) is 4.39 Å². The van der Waals surface area contributed by atoms with Gasteiger partial charge in [0.2, 0.25) is 0 Å². The van der Waals surface area contributed by atoms with E-state index in [1.165, 1.54) is 12.1 Å². The molecule has 0 aliphatic heterocycles. The highest BCUT2D eigenvalue weighted by Crippen LogP contribution is 2.15. The minimum Gasteiger partial charge on any atom is -0.346 e. The van der Waals surface area contributed by atoms with Crippen LogP contribution < -0.4 is 5.32 Å². The standard InChI is InChI=1S/C14H12BrFN2O/c1-9-3-2-6-17-13(9)8-18-14(19)11-5-4-10(15)7-12(11)16/h2-7H,8H2,1H3,(H,18,19). The van der Waals surface area contributed by atoms with E-state index >= 15 is 0 Å². The first-order valence-corrected chi connectivity index (χ1v) is 6.51. The Labute approximate surface area is 119 Å². The Bertz CT molecular complexity index is 616. The lowest BCUT2D eigenvalue weighted by Gasteiger charge is -2.07. The number of hydrogen-bond acceptors (Lipinski definition) is 2. The molecular weight excluding hydrogens is 311 g/mol. The Kier molecular flexibility index (Phi) is 4.27. The van der Waals surface area contributed by atoms with Gasteiger partial charge in [-0.3, -0.25) is 9.78 Å². The molecule has 1 heterocycles. The first-order chi connectivity index (χ1) is 9.08. The number of hydrogen-bond donors (Lipinski definition) is 1. The number of rotatable bonds is 3. The molecular formula is C14H12BrFN2O. The average molecular weight is 323 g/mol. The number of carbonyl (C=O) groups is 1. The number of nitrogens with one attached hydrogen (secondary N) is 1. The number of benzene rings is 1. The highest BCUT2D eigenvalue weighted by atomic mass is 79.9. The third kappa shape index (κ3) is 3.38. The zero-order valence-electron chi connectivity index (χ0n) is 10.3. The van der Waals surface area contributed by atoms with E-state index in [0.29, 0.717) is 4.47 Å². The average Bonchev–Trinajstić information content (AvgIpc) is 2.37. The van der Waals surface area contributed by atoms with Crippen LogP contribution in [0.3, 0.4) is 0 Å². The van der Waals surface area contributed by atoms with Gasteiger partial charge in [-0.2, -0.15) is 0 Å². The molecule has 0 aliphatic carbocycles. The molecule has 0 unspecified atom stereocenters. The van der Waals surface area contributed by atoms with Gasteiger partial charge >= 0.3 is 0 Å². The summed E-state index contributed by atoms with van der Waals surface area (Å²) >= 11 is 3.15. The zero-order chi connectivity index (χ0) is 13.8. The quantitative estimate of drug-likeness (QED) is 0.942. The normalized spacial score (nSPS) is 10.3. The van der Waals surface area contributed by atoms with Gasteiger partial charge < -0.3 is 5.32 Å². The van der Waals surface area contributed by atoms with Crippen molar-refractivity contribution in [2.45, 2.75) is 13.5 Å². The van der Waals surface area contributed by atoms with Gasteiger partial charge in [0, 0.05) is 10.7 Å². The Morgan fingerprint density at radius 1 is 1.42 bits per heavy atom. The van der Waals surface area contributed by atoms with Gasteiger partial charge in [-0.25, -0.2) is 4.39 Å². The summed E-state index contributed by atoms with van der Waals surface area (Å²) in [5, 5.41) is 2.66. The van der Waals surface area contributed by atoms with Crippen LogP contribution in [0, 0.1) is 12.7 Å². The zero-order valence-corrected chi connectivity index (χ0v) is 11.9. The van der Waals surface area contributed by atoms with Crippen molar-refractivity contribution in [3.05, 3.63) is 63.6 Å². The summed E-state index contributed by atoms with van der Waals surface area (Å²) < 4.78 is 14.2. The van der Waals surface area contributed by atoms with Crippen LogP contribution in [0.1, 0.15) is 21.6 Å². The second-order valence-corrected chi connectivity index (χ2v) is 4.99. The first kappa shape index (κ1) is 13.7. The number of pyridine rings is 1. The van der Waals surface area contributed by atoms with Crippen LogP contribution in [0.25, 0.3) is 0 Å². The molecule has 98 valence electrons. The fourth-order valence-corrected chi connectivity index (χ4v) is 1.97. The lowest BCUT2D eigenvalue weighted by atomic mass is 10.2. The van der Waals surface area contributed by atoms with Crippen LogP contribution in [0.5, 0.6) is 0 Å². The topological polar surface area (TPSA) is 42.0 Å². The molecule has 2 aromatic rings. The summed E-state index contributed by atoms with van der Waals surface area (Å²) in [4.78, 5) is 16.0. The lowest BCUT2D eigenvalue weighted by molar-refractivity contribution is 0.0946. The number of nitrogens with zero attached hydrogens (tertiary/aromatic N) is 1. The molecule has 0 fully saturated rings. The molecule has 0 atom stereocenters. The maximum Gasteiger partial charge on any atom is 0.254 e. The smallest absolute Gasteiger partial charge is 0.254 e. The van der Waals surface area contributed by atoms with Gasteiger partial charge in [0.05, 0.1) is 17.8 Å². The number of halogens is 2. The van der Waals surface area contributed by atoms with Crippen molar-refractivity contribution in [3.8, 4) is 0 Å². The third-order valence-electron chi connectivity index (χ3n) is 2.71. The van der Waals surface area contributed by atoms with Gasteiger partial charge in [-0.15, -0.1) is 0 Å². The Balaban J connectivity index is 2.08. The van der Waals surface area contributed by atoms with Crippen molar-refractivity contribution < 1.29 is 9.18 Å². The molecule has 0 spiro atoms. The predicted molar refractivity (Wildman–Crippen MR) is 74.2 cm³/mol. The molecule has 3 nitrogen and oxygen atoms in total. The molecule has 1 amide bonds. The summed E-state index contributed by atoms with van der Waals surface area (Å²) in [7, 11) is 0. The van der Waals surface area contributed by atoms with Gasteiger partial charge in [-0.1, -0.05) is 22.0 Å². The molecule has 1 aromatic carbocycles. The van der Waals surface area contributed by atoms with Crippen molar-refractivity contribution >= 4 is 21.8 Å². The third-order valence-corrected chi connectivity index (χ3v) is 3.20. The van der Waals surface area contributed by atoms with Gasteiger partial charge in [-0.05, 0) is 36.8 Å². The molecule has 1 aromatic heterocycles. The highest BCUT2D eigenvalue weighted by molar-refractivity contribution is 9.10. The van der Waals surface area contributed by atoms with Crippen molar-refractivity contribution in [1.82, 2.24) is 10.3 Å². The van der Waals surface area contributed by atoms with E-state index in [4.69, 9.17) is 0 Å². The number of amides is 1. The van der Waals surface area contributed by atoms with E-state index < -0.39 is 11.7 Å². The summed E-state index contributed by atoms with van der Waals surface area (Å²) in [5.74, 6) is -1.00. The SMILES string of the molecule is Cc1cccnc1CNC(=O)c1ccc(Br)cc1F. The lowest BCUT2D eigenvalue weighted by Crippen LogP contribution is -2.24. The minimum atomic E-state index is -0.551. The summed E-state index contributed by atoms with van der Waals surface area (Å²) in [6.07, 6.45) is 1.66. The number of carbonyl (C=O) groups excluding carboxylic acids is 1. The van der Waals surface area contributed by atoms with E-state index in [9.17, 15) is 9.18 Å². The Morgan fingerprint density at radius 2 is 2.21 bits per heavy atom. The van der Waals surface area contributed by atoms with E-state index in [-0.39, 0.29) is 12.1 Å². The van der Waals surface area contributed by atoms with E-state index in [1.807, 2.05) is 19.1 Å². The first-order valence-electron chi connectivity index (χ1n) is 5.71. The Morgan fingerprint density at radius 3 is 2.89 bits per heavy atom. The van der Waals surface area contributed by atoms with Crippen molar-refractivity contribution in [3.63, 3.8) is 0 Å². The molecule has 0 radical (unpaired) electrons. The molecule has 0 aliphatic rings. The maximum absolute atomic E-state index is 13.6. The largest absolute Gasteiger partial charge is 0.346 e. The molecule has 0 saturated carbocycles. The second kappa shape index (κ2) is 5.93. The van der Waals surface area contributed by atoms with Crippen molar-refractivity contribution in [2.75, 3.05) is 0 Å². The fraction of sp³-hybridized carbons (Fsp3) is 0.143. The van der Waals surface area contributed by atoms with E-state index in [1.54, 1.807) is 12.3 Å². The fourth-order valence-electron chi connectivity index (χ4n) is 1.64. The minimum absolute atomic E-state index is 0.0248. The highest BCUT2D eigenvalue weighted by Gasteiger charge is 2.12. The van der Waals surface area contributed by atoms with Gasteiger partial charge in [0.1, 0.15) is 5.82 Å². The predicted octanol–water partition coefficient (Wildman–Crippen LogP) is 3.22. The monoisotopic (exact) mass is 322 g/mol. The van der Waals surface area contributed by atoms with Crippen LogP contribution in [0.15, 0.2) is 41.0 Å². The molecule has 1 N–H and O–H groups in total.